The monoisotopic (exact) mass is 432 g/mol. The Bertz CT molecular complexity index is 760. The van der Waals surface area contributed by atoms with Crippen LogP contribution in [-0.2, 0) is 9.47 Å². The Morgan fingerprint density at radius 2 is 1.90 bits per heavy atom. The van der Waals surface area contributed by atoms with Crippen molar-refractivity contribution >= 4 is 5.96 Å². The molecule has 1 aromatic carbocycles. The van der Waals surface area contributed by atoms with Gasteiger partial charge in [-0.05, 0) is 30.5 Å². The number of hydrogen-bond acceptors (Lipinski definition) is 6. The highest BCUT2D eigenvalue weighted by atomic mass is 16.5. The van der Waals surface area contributed by atoms with E-state index in [0.29, 0.717) is 5.41 Å². The lowest BCUT2D eigenvalue weighted by atomic mass is 9.87. The van der Waals surface area contributed by atoms with E-state index in [1.165, 1.54) is 12.0 Å². The molecular formula is C23H36N4O4. The Hall–Kier alpha value is -2.03. The van der Waals surface area contributed by atoms with E-state index in [9.17, 15) is 0 Å². The molecule has 1 N–H and O–H groups in total. The highest BCUT2D eigenvalue weighted by Crippen LogP contribution is 2.38. The number of ether oxygens (including phenoxy) is 4. The van der Waals surface area contributed by atoms with Gasteiger partial charge in [0, 0.05) is 51.8 Å². The summed E-state index contributed by atoms with van der Waals surface area (Å²) in [5, 5.41) is 3.66. The summed E-state index contributed by atoms with van der Waals surface area (Å²) in [4.78, 5) is 9.46. The van der Waals surface area contributed by atoms with Crippen LogP contribution in [-0.4, -0.2) is 96.2 Å². The molecule has 3 aliphatic heterocycles. The predicted molar refractivity (Wildman–Crippen MR) is 120 cm³/mol. The molecule has 3 heterocycles. The van der Waals surface area contributed by atoms with Gasteiger partial charge < -0.3 is 29.2 Å². The van der Waals surface area contributed by atoms with E-state index < -0.39 is 0 Å². The highest BCUT2D eigenvalue weighted by Gasteiger charge is 2.42. The maximum Gasteiger partial charge on any atom is 0.193 e. The van der Waals surface area contributed by atoms with Gasteiger partial charge in [-0.25, -0.2) is 0 Å². The third-order valence-corrected chi connectivity index (χ3v) is 6.87. The van der Waals surface area contributed by atoms with E-state index in [-0.39, 0.29) is 6.04 Å². The fourth-order valence-corrected chi connectivity index (χ4v) is 5.01. The normalized spacial score (nSPS) is 25.8. The third kappa shape index (κ3) is 4.91. The molecule has 1 aromatic rings. The van der Waals surface area contributed by atoms with Crippen LogP contribution in [0.25, 0.3) is 0 Å². The van der Waals surface area contributed by atoms with Gasteiger partial charge in [-0.2, -0.15) is 0 Å². The molecular weight excluding hydrogens is 396 g/mol. The summed E-state index contributed by atoms with van der Waals surface area (Å²) < 4.78 is 22.3. The lowest BCUT2D eigenvalue weighted by Gasteiger charge is -2.36. The Kier molecular flexibility index (Phi) is 7.20. The SMILES string of the molecule is CN=C(NCC(c1ccc(OC)c(OC)c1)N1CCOCC1)N1CCC2(CCOC2)C1. The van der Waals surface area contributed by atoms with Gasteiger partial charge in [0.2, 0.25) is 0 Å². The molecule has 172 valence electrons. The van der Waals surface area contributed by atoms with Crippen molar-refractivity contribution in [3.05, 3.63) is 23.8 Å². The molecule has 2 atom stereocenters. The fourth-order valence-electron chi connectivity index (χ4n) is 5.01. The van der Waals surface area contributed by atoms with Crippen LogP contribution in [0.4, 0.5) is 0 Å². The number of aliphatic imine (C=N–C) groups is 1. The maximum absolute atomic E-state index is 5.69. The molecule has 4 rings (SSSR count). The maximum atomic E-state index is 5.69. The minimum atomic E-state index is 0.187. The van der Waals surface area contributed by atoms with Crippen molar-refractivity contribution in [3.8, 4) is 11.5 Å². The fraction of sp³-hybridized carbons (Fsp3) is 0.696. The summed E-state index contributed by atoms with van der Waals surface area (Å²) in [6.07, 6.45) is 2.33. The molecule has 3 aliphatic rings. The Morgan fingerprint density at radius 1 is 1.10 bits per heavy atom. The molecule has 8 nitrogen and oxygen atoms in total. The quantitative estimate of drug-likeness (QED) is 0.543. The van der Waals surface area contributed by atoms with Gasteiger partial charge in [-0.15, -0.1) is 0 Å². The second kappa shape index (κ2) is 10.1. The highest BCUT2D eigenvalue weighted by molar-refractivity contribution is 5.80. The summed E-state index contributed by atoms with van der Waals surface area (Å²) in [6, 6.07) is 6.39. The van der Waals surface area contributed by atoms with Crippen molar-refractivity contribution in [3.63, 3.8) is 0 Å². The van der Waals surface area contributed by atoms with Gasteiger partial charge >= 0.3 is 0 Å². The zero-order chi connectivity index (χ0) is 21.7. The van der Waals surface area contributed by atoms with Gasteiger partial charge in [-0.3, -0.25) is 9.89 Å². The molecule has 0 radical (unpaired) electrons. The van der Waals surface area contributed by atoms with Crippen LogP contribution < -0.4 is 14.8 Å². The molecule has 0 aromatic heterocycles. The molecule has 2 unspecified atom stereocenters. The smallest absolute Gasteiger partial charge is 0.193 e. The number of likely N-dealkylation sites (tertiary alicyclic amines) is 1. The Labute approximate surface area is 185 Å². The van der Waals surface area contributed by atoms with Crippen LogP contribution >= 0.6 is 0 Å². The van der Waals surface area contributed by atoms with Crippen molar-refractivity contribution in [1.29, 1.82) is 0 Å². The summed E-state index contributed by atoms with van der Waals surface area (Å²) in [5.74, 6) is 2.48. The van der Waals surface area contributed by atoms with Crippen LogP contribution in [0.15, 0.2) is 23.2 Å². The standard InChI is InChI=1S/C23H36N4O4/c1-24-22(27-8-6-23(16-27)7-11-31-17-23)25-15-19(26-9-12-30-13-10-26)18-4-5-20(28-2)21(14-18)29-3/h4-5,14,19H,6-13,15-17H2,1-3H3,(H,24,25). The number of benzene rings is 1. The number of nitrogens with zero attached hydrogens (tertiary/aromatic N) is 3. The first kappa shape index (κ1) is 22.2. The first-order valence-electron chi connectivity index (χ1n) is 11.2. The average Bonchev–Trinajstić information content (AvgIpc) is 3.46. The zero-order valence-corrected chi connectivity index (χ0v) is 19.1. The van der Waals surface area contributed by atoms with Crippen molar-refractivity contribution < 1.29 is 18.9 Å². The minimum Gasteiger partial charge on any atom is -0.493 e. The van der Waals surface area contributed by atoms with Crippen LogP contribution in [0.3, 0.4) is 0 Å². The van der Waals surface area contributed by atoms with E-state index in [2.05, 4.69) is 32.2 Å². The Morgan fingerprint density at radius 3 is 2.58 bits per heavy atom. The molecule has 31 heavy (non-hydrogen) atoms. The lowest BCUT2D eigenvalue weighted by molar-refractivity contribution is 0.0168. The molecule has 0 saturated carbocycles. The molecule has 8 heteroatoms. The largest absolute Gasteiger partial charge is 0.493 e. The first-order chi connectivity index (χ1) is 15.2. The van der Waals surface area contributed by atoms with Crippen molar-refractivity contribution in [1.82, 2.24) is 15.1 Å². The third-order valence-electron chi connectivity index (χ3n) is 6.87. The number of hydrogen-bond donors (Lipinski definition) is 1. The van der Waals surface area contributed by atoms with Crippen LogP contribution in [0.5, 0.6) is 11.5 Å². The van der Waals surface area contributed by atoms with E-state index in [1.807, 2.05) is 13.1 Å². The minimum absolute atomic E-state index is 0.187. The second-order valence-corrected chi connectivity index (χ2v) is 8.68. The van der Waals surface area contributed by atoms with Crippen LogP contribution in [0.1, 0.15) is 24.4 Å². The summed E-state index contributed by atoms with van der Waals surface area (Å²) in [7, 11) is 5.22. The van der Waals surface area contributed by atoms with Crippen LogP contribution in [0, 0.1) is 5.41 Å². The zero-order valence-electron chi connectivity index (χ0n) is 19.1. The van der Waals surface area contributed by atoms with E-state index in [4.69, 9.17) is 18.9 Å². The molecule has 0 aliphatic carbocycles. The topological polar surface area (TPSA) is 67.8 Å². The molecule has 0 amide bonds. The predicted octanol–water partition coefficient (Wildman–Crippen LogP) is 1.76. The number of rotatable bonds is 6. The molecule has 3 saturated heterocycles. The molecule has 3 fully saturated rings. The van der Waals surface area contributed by atoms with E-state index >= 15 is 0 Å². The summed E-state index contributed by atoms with van der Waals surface area (Å²) in [6.45, 7) is 7.91. The van der Waals surface area contributed by atoms with Crippen molar-refractivity contribution in [2.45, 2.75) is 18.9 Å². The lowest BCUT2D eigenvalue weighted by Crippen LogP contribution is -2.47. The van der Waals surface area contributed by atoms with Gasteiger partial charge in [0.1, 0.15) is 0 Å². The summed E-state index contributed by atoms with van der Waals surface area (Å²) >= 11 is 0. The number of nitrogens with one attached hydrogen (secondary N) is 1. The van der Waals surface area contributed by atoms with Gasteiger partial charge in [0.25, 0.3) is 0 Å². The number of methoxy groups -OCH3 is 2. The van der Waals surface area contributed by atoms with E-state index in [1.54, 1.807) is 14.2 Å². The number of morpholine rings is 1. The average molecular weight is 433 g/mol. The first-order valence-corrected chi connectivity index (χ1v) is 11.2. The number of guanidine groups is 1. The van der Waals surface area contributed by atoms with Crippen molar-refractivity contribution in [2.24, 2.45) is 10.4 Å². The van der Waals surface area contributed by atoms with Gasteiger partial charge in [-0.1, -0.05) is 6.07 Å². The van der Waals surface area contributed by atoms with E-state index in [0.717, 1.165) is 83.0 Å². The summed E-state index contributed by atoms with van der Waals surface area (Å²) in [5.41, 5.74) is 1.51. The van der Waals surface area contributed by atoms with Crippen molar-refractivity contribution in [2.75, 3.05) is 80.4 Å². The molecule has 1 spiro atoms. The Balaban J connectivity index is 1.48. The second-order valence-electron chi connectivity index (χ2n) is 8.68. The van der Waals surface area contributed by atoms with Crippen LogP contribution in [0.2, 0.25) is 0 Å². The van der Waals surface area contributed by atoms with Gasteiger partial charge in [0.05, 0.1) is 40.1 Å². The molecule has 0 bridgehead atoms. The van der Waals surface area contributed by atoms with Gasteiger partial charge in [0.15, 0.2) is 17.5 Å².